The lowest BCUT2D eigenvalue weighted by Gasteiger charge is -2.17. The normalized spacial score (nSPS) is 12.2. The SMILES string of the molecule is CC(C#N)CN(C)CC(=O)c1ccc(Cl)cc1Cl. The van der Waals surface area contributed by atoms with Crippen LogP contribution < -0.4 is 0 Å². The Bertz CT molecular complexity index is 482. The molecule has 0 heterocycles. The van der Waals surface area contributed by atoms with Gasteiger partial charge < -0.3 is 0 Å². The van der Waals surface area contributed by atoms with E-state index < -0.39 is 0 Å². The van der Waals surface area contributed by atoms with Gasteiger partial charge in [-0.2, -0.15) is 5.26 Å². The molecule has 0 bridgehead atoms. The predicted octanol–water partition coefficient (Wildman–Crippen LogP) is 3.27. The lowest BCUT2D eigenvalue weighted by Crippen LogP contribution is -2.29. The fourth-order valence-corrected chi connectivity index (χ4v) is 2.13. The molecule has 0 fully saturated rings. The third-order valence-corrected chi connectivity index (χ3v) is 3.00. The minimum Gasteiger partial charge on any atom is -0.298 e. The van der Waals surface area contributed by atoms with E-state index in [0.29, 0.717) is 22.2 Å². The molecule has 0 saturated heterocycles. The molecule has 0 amide bonds. The second kappa shape index (κ2) is 6.75. The molecule has 0 saturated carbocycles. The second-order valence-corrected chi connectivity index (χ2v) is 5.12. The molecule has 1 rings (SSSR count). The maximum atomic E-state index is 12.0. The van der Waals surface area contributed by atoms with Gasteiger partial charge in [-0.3, -0.25) is 9.69 Å². The first-order valence-corrected chi connectivity index (χ1v) is 6.26. The largest absolute Gasteiger partial charge is 0.298 e. The lowest BCUT2D eigenvalue weighted by molar-refractivity contribution is 0.0943. The molecule has 0 radical (unpaired) electrons. The van der Waals surface area contributed by atoms with E-state index in [4.69, 9.17) is 28.5 Å². The molecule has 1 unspecified atom stereocenters. The van der Waals surface area contributed by atoms with Gasteiger partial charge in [0.05, 0.1) is 23.6 Å². The van der Waals surface area contributed by atoms with Crippen LogP contribution in [0.5, 0.6) is 0 Å². The fourth-order valence-electron chi connectivity index (χ4n) is 1.62. The molecule has 0 spiro atoms. The number of hydrogen-bond acceptors (Lipinski definition) is 3. The number of Topliss-reactive ketones (excluding diaryl/α,β-unsaturated/α-hetero) is 1. The molecular weight excluding hydrogens is 271 g/mol. The smallest absolute Gasteiger partial charge is 0.178 e. The molecule has 3 nitrogen and oxygen atoms in total. The molecule has 18 heavy (non-hydrogen) atoms. The van der Waals surface area contributed by atoms with E-state index in [0.717, 1.165) is 0 Å². The summed E-state index contributed by atoms with van der Waals surface area (Å²) in [6, 6.07) is 6.94. The van der Waals surface area contributed by atoms with Crippen molar-refractivity contribution in [2.75, 3.05) is 20.1 Å². The number of carbonyl (C=O) groups excluding carboxylic acids is 1. The predicted molar refractivity (Wildman–Crippen MR) is 73.1 cm³/mol. The first-order chi connectivity index (χ1) is 8.43. The van der Waals surface area contributed by atoms with Crippen molar-refractivity contribution in [3.8, 4) is 6.07 Å². The molecule has 0 aromatic heterocycles. The van der Waals surface area contributed by atoms with Gasteiger partial charge in [0.25, 0.3) is 0 Å². The van der Waals surface area contributed by atoms with Gasteiger partial charge in [-0.25, -0.2) is 0 Å². The minimum atomic E-state index is -0.108. The number of hydrogen-bond donors (Lipinski definition) is 0. The molecule has 1 aromatic carbocycles. The molecule has 0 N–H and O–H groups in total. The van der Waals surface area contributed by atoms with E-state index in [1.807, 2.05) is 6.92 Å². The number of nitriles is 1. The van der Waals surface area contributed by atoms with E-state index in [1.165, 1.54) is 0 Å². The van der Waals surface area contributed by atoms with Gasteiger partial charge >= 0.3 is 0 Å². The van der Waals surface area contributed by atoms with E-state index in [1.54, 1.807) is 30.1 Å². The first-order valence-electron chi connectivity index (χ1n) is 5.50. The average molecular weight is 285 g/mol. The highest BCUT2D eigenvalue weighted by molar-refractivity contribution is 6.36. The van der Waals surface area contributed by atoms with E-state index in [9.17, 15) is 4.79 Å². The molecule has 0 aliphatic heterocycles. The summed E-state index contributed by atoms with van der Waals surface area (Å²) in [7, 11) is 1.80. The van der Waals surface area contributed by atoms with Crippen molar-refractivity contribution in [3.63, 3.8) is 0 Å². The van der Waals surface area contributed by atoms with Crippen molar-refractivity contribution in [2.45, 2.75) is 6.92 Å². The third-order valence-electron chi connectivity index (χ3n) is 2.45. The number of rotatable bonds is 5. The summed E-state index contributed by atoms with van der Waals surface area (Å²) in [5.74, 6) is -0.187. The van der Waals surface area contributed by atoms with Gasteiger partial charge in [0.2, 0.25) is 0 Å². The summed E-state index contributed by atoms with van der Waals surface area (Å²) in [5, 5.41) is 9.57. The molecule has 0 aliphatic rings. The number of nitrogens with zero attached hydrogens (tertiary/aromatic N) is 2. The monoisotopic (exact) mass is 284 g/mol. The summed E-state index contributed by atoms with van der Waals surface area (Å²) >= 11 is 11.7. The van der Waals surface area contributed by atoms with Crippen molar-refractivity contribution in [1.82, 2.24) is 4.90 Å². The Morgan fingerprint density at radius 2 is 2.17 bits per heavy atom. The Morgan fingerprint density at radius 1 is 1.50 bits per heavy atom. The van der Waals surface area contributed by atoms with Crippen molar-refractivity contribution < 1.29 is 4.79 Å². The van der Waals surface area contributed by atoms with Crippen LogP contribution in [0.4, 0.5) is 0 Å². The Kier molecular flexibility index (Phi) is 5.61. The van der Waals surface area contributed by atoms with E-state index in [-0.39, 0.29) is 18.2 Å². The number of benzene rings is 1. The zero-order chi connectivity index (χ0) is 13.7. The summed E-state index contributed by atoms with van der Waals surface area (Å²) in [5.41, 5.74) is 0.456. The summed E-state index contributed by atoms with van der Waals surface area (Å²) < 4.78 is 0. The molecule has 1 atom stereocenters. The van der Waals surface area contributed by atoms with Crippen LogP contribution >= 0.6 is 23.2 Å². The highest BCUT2D eigenvalue weighted by Crippen LogP contribution is 2.21. The maximum Gasteiger partial charge on any atom is 0.178 e. The maximum absolute atomic E-state index is 12.0. The van der Waals surface area contributed by atoms with Gasteiger partial charge in [-0.05, 0) is 32.2 Å². The van der Waals surface area contributed by atoms with Crippen LogP contribution in [0.3, 0.4) is 0 Å². The van der Waals surface area contributed by atoms with E-state index >= 15 is 0 Å². The minimum absolute atomic E-state index is 0.0793. The van der Waals surface area contributed by atoms with Gasteiger partial charge in [-0.1, -0.05) is 23.2 Å². The van der Waals surface area contributed by atoms with Gasteiger partial charge in [-0.15, -0.1) is 0 Å². The summed E-state index contributed by atoms with van der Waals surface area (Å²) in [6.07, 6.45) is 0. The molecule has 0 aliphatic carbocycles. The summed E-state index contributed by atoms with van der Waals surface area (Å²) in [4.78, 5) is 13.8. The van der Waals surface area contributed by atoms with Crippen molar-refractivity contribution in [1.29, 1.82) is 5.26 Å². The Hall–Kier alpha value is -1.08. The van der Waals surface area contributed by atoms with Crippen LogP contribution in [0.2, 0.25) is 10.0 Å². The third kappa shape index (κ3) is 4.30. The number of carbonyl (C=O) groups is 1. The van der Waals surface area contributed by atoms with Crippen LogP contribution in [0.15, 0.2) is 18.2 Å². The fraction of sp³-hybridized carbons (Fsp3) is 0.385. The van der Waals surface area contributed by atoms with Crippen LogP contribution in [0, 0.1) is 17.2 Å². The number of halogens is 2. The lowest BCUT2D eigenvalue weighted by atomic mass is 10.1. The zero-order valence-corrected chi connectivity index (χ0v) is 11.8. The van der Waals surface area contributed by atoms with Crippen LogP contribution in [-0.4, -0.2) is 30.8 Å². The van der Waals surface area contributed by atoms with Crippen LogP contribution in [-0.2, 0) is 0 Å². The number of likely N-dealkylation sites (N-methyl/N-ethyl adjacent to an activating group) is 1. The standard InChI is InChI=1S/C13H14Cl2N2O/c1-9(6-16)7-17(2)8-13(18)11-4-3-10(14)5-12(11)15/h3-5,9H,7-8H2,1-2H3. The molecule has 5 heteroatoms. The zero-order valence-electron chi connectivity index (χ0n) is 10.3. The number of ketones is 1. The van der Waals surface area contributed by atoms with E-state index in [2.05, 4.69) is 6.07 Å². The van der Waals surface area contributed by atoms with Crippen molar-refractivity contribution >= 4 is 29.0 Å². The highest BCUT2D eigenvalue weighted by atomic mass is 35.5. The average Bonchev–Trinajstić information content (AvgIpc) is 2.28. The van der Waals surface area contributed by atoms with Gasteiger partial charge in [0, 0.05) is 17.1 Å². The first kappa shape index (κ1) is 15.0. The van der Waals surface area contributed by atoms with Crippen LogP contribution in [0.25, 0.3) is 0 Å². The topological polar surface area (TPSA) is 44.1 Å². The summed E-state index contributed by atoms with van der Waals surface area (Å²) in [6.45, 7) is 2.59. The van der Waals surface area contributed by atoms with Crippen molar-refractivity contribution in [2.24, 2.45) is 5.92 Å². The second-order valence-electron chi connectivity index (χ2n) is 4.27. The Labute approximate surface area is 117 Å². The molecule has 96 valence electrons. The van der Waals surface area contributed by atoms with Gasteiger partial charge in [0.15, 0.2) is 5.78 Å². The Morgan fingerprint density at radius 3 is 2.72 bits per heavy atom. The Balaban J connectivity index is 2.68. The highest BCUT2D eigenvalue weighted by Gasteiger charge is 2.14. The molecular formula is C13H14Cl2N2O. The molecule has 1 aromatic rings. The van der Waals surface area contributed by atoms with Gasteiger partial charge in [0.1, 0.15) is 0 Å². The quantitative estimate of drug-likeness (QED) is 0.780. The van der Waals surface area contributed by atoms with Crippen LogP contribution in [0.1, 0.15) is 17.3 Å². The van der Waals surface area contributed by atoms with Crippen molar-refractivity contribution in [3.05, 3.63) is 33.8 Å².